The van der Waals surface area contributed by atoms with Crippen LogP contribution in [0.3, 0.4) is 0 Å². The highest BCUT2D eigenvalue weighted by atomic mass is 16.5. The highest BCUT2D eigenvalue weighted by molar-refractivity contribution is 5.98. The number of nitrogens with one attached hydrogen (secondary N) is 2. The molecular formula is C23H23N5O2. The van der Waals surface area contributed by atoms with Crippen LogP contribution in [0, 0.1) is 6.92 Å². The van der Waals surface area contributed by atoms with E-state index in [0.29, 0.717) is 17.1 Å². The fraction of sp³-hybridized carbons (Fsp3) is 0.174. The lowest BCUT2D eigenvalue weighted by atomic mass is 10.1. The molecule has 30 heavy (non-hydrogen) atoms. The Balaban J connectivity index is 1.67. The molecule has 0 aliphatic heterocycles. The summed E-state index contributed by atoms with van der Waals surface area (Å²) >= 11 is 0. The van der Waals surface area contributed by atoms with Crippen LogP contribution in [-0.4, -0.2) is 34.6 Å². The third-order valence-electron chi connectivity index (χ3n) is 5.19. The third-order valence-corrected chi connectivity index (χ3v) is 5.19. The molecule has 1 amide bonds. The maximum Gasteiger partial charge on any atom is 0.251 e. The van der Waals surface area contributed by atoms with E-state index < -0.39 is 0 Å². The van der Waals surface area contributed by atoms with Crippen LogP contribution in [0.1, 0.15) is 16.2 Å². The van der Waals surface area contributed by atoms with E-state index in [0.717, 1.165) is 33.5 Å². The number of hydrogen-bond donors (Lipinski definition) is 2. The summed E-state index contributed by atoms with van der Waals surface area (Å²) in [7, 11) is 5.25. The van der Waals surface area contributed by atoms with Gasteiger partial charge in [0, 0.05) is 36.8 Å². The number of hydrogen-bond acceptors (Lipinski definition) is 5. The number of methoxy groups -OCH3 is 1. The summed E-state index contributed by atoms with van der Waals surface area (Å²) in [5, 5.41) is 7.85. The summed E-state index contributed by atoms with van der Waals surface area (Å²) < 4.78 is 7.64. The zero-order chi connectivity index (χ0) is 21.3. The molecule has 0 saturated heterocycles. The van der Waals surface area contributed by atoms with Crippen molar-refractivity contribution in [3.8, 4) is 17.0 Å². The van der Waals surface area contributed by atoms with Gasteiger partial charge in [-0.2, -0.15) is 0 Å². The molecule has 0 fully saturated rings. The van der Waals surface area contributed by atoms with E-state index in [2.05, 4.69) is 20.6 Å². The predicted molar refractivity (Wildman–Crippen MR) is 118 cm³/mol. The van der Waals surface area contributed by atoms with Crippen LogP contribution in [0.5, 0.6) is 5.75 Å². The molecule has 4 aromatic rings. The number of nitrogens with zero attached hydrogens (tertiary/aromatic N) is 3. The molecule has 0 aliphatic carbocycles. The summed E-state index contributed by atoms with van der Waals surface area (Å²) in [5.41, 5.74) is 3.44. The SMILES string of the molecule is CNC(=O)c1ccc2cnc(Nc3ccc(-c4cnc(C)n4C)cc3OC)cc2c1. The standard InChI is InChI=1S/C23H23N5O2/c1-14-25-13-20(28(14)3)15-7-8-19(21(10-15)30-4)27-22-11-18-9-16(23(29)24-2)5-6-17(18)12-26-22/h5-13H,1-4H3,(H,24,29)(H,26,27). The Morgan fingerprint density at radius 1 is 1.03 bits per heavy atom. The molecule has 0 bridgehead atoms. The van der Waals surface area contributed by atoms with E-state index in [1.165, 1.54) is 0 Å². The van der Waals surface area contributed by atoms with Crippen LogP contribution in [0.15, 0.2) is 54.9 Å². The average molecular weight is 401 g/mol. The summed E-state index contributed by atoms with van der Waals surface area (Å²) in [6.45, 7) is 1.97. The molecule has 7 nitrogen and oxygen atoms in total. The maximum atomic E-state index is 11.9. The normalized spacial score (nSPS) is 10.8. The molecule has 0 atom stereocenters. The van der Waals surface area contributed by atoms with Gasteiger partial charge in [0.05, 0.1) is 24.7 Å². The van der Waals surface area contributed by atoms with Gasteiger partial charge in [0.2, 0.25) is 0 Å². The lowest BCUT2D eigenvalue weighted by molar-refractivity contribution is 0.0963. The quantitative estimate of drug-likeness (QED) is 0.527. The molecule has 0 radical (unpaired) electrons. The van der Waals surface area contributed by atoms with E-state index in [9.17, 15) is 4.79 Å². The van der Waals surface area contributed by atoms with Crippen molar-refractivity contribution in [2.24, 2.45) is 7.05 Å². The van der Waals surface area contributed by atoms with E-state index in [-0.39, 0.29) is 5.91 Å². The number of amides is 1. The first kappa shape index (κ1) is 19.4. The number of benzene rings is 2. The predicted octanol–water partition coefficient (Wildman–Crippen LogP) is 4.06. The van der Waals surface area contributed by atoms with E-state index in [4.69, 9.17) is 4.74 Å². The van der Waals surface area contributed by atoms with Crippen LogP contribution < -0.4 is 15.4 Å². The van der Waals surface area contributed by atoms with Gasteiger partial charge in [-0.05, 0) is 42.6 Å². The smallest absolute Gasteiger partial charge is 0.251 e. The number of rotatable bonds is 5. The van der Waals surface area contributed by atoms with Gasteiger partial charge in [-0.3, -0.25) is 4.79 Å². The van der Waals surface area contributed by atoms with Gasteiger partial charge in [0.25, 0.3) is 5.91 Å². The van der Waals surface area contributed by atoms with E-state index >= 15 is 0 Å². The number of ether oxygens (including phenoxy) is 1. The van der Waals surface area contributed by atoms with Crippen molar-refractivity contribution in [3.63, 3.8) is 0 Å². The minimum absolute atomic E-state index is 0.120. The third kappa shape index (κ3) is 3.57. The second kappa shape index (κ2) is 7.87. The number of carbonyl (C=O) groups is 1. The summed E-state index contributed by atoms with van der Waals surface area (Å²) in [6.07, 6.45) is 3.64. The van der Waals surface area contributed by atoms with E-state index in [1.54, 1.807) is 26.4 Å². The lowest BCUT2D eigenvalue weighted by Gasteiger charge is -2.13. The van der Waals surface area contributed by atoms with Crippen molar-refractivity contribution in [2.75, 3.05) is 19.5 Å². The van der Waals surface area contributed by atoms with Gasteiger partial charge < -0.3 is 19.9 Å². The van der Waals surface area contributed by atoms with Crippen LogP contribution in [0.2, 0.25) is 0 Å². The molecule has 0 spiro atoms. The minimum Gasteiger partial charge on any atom is -0.495 e. The molecule has 7 heteroatoms. The molecule has 0 saturated carbocycles. The molecule has 0 unspecified atom stereocenters. The van der Waals surface area contributed by atoms with Crippen molar-refractivity contribution < 1.29 is 9.53 Å². The minimum atomic E-state index is -0.120. The number of carbonyl (C=O) groups excluding carboxylic acids is 1. The monoisotopic (exact) mass is 401 g/mol. The molecule has 2 aromatic carbocycles. The fourth-order valence-corrected chi connectivity index (χ4v) is 3.36. The second-order valence-electron chi connectivity index (χ2n) is 7.00. The first-order valence-electron chi connectivity index (χ1n) is 9.56. The van der Waals surface area contributed by atoms with Gasteiger partial charge >= 0.3 is 0 Å². The van der Waals surface area contributed by atoms with Gasteiger partial charge in [-0.15, -0.1) is 0 Å². The van der Waals surface area contributed by atoms with Gasteiger partial charge in [-0.25, -0.2) is 9.97 Å². The van der Waals surface area contributed by atoms with E-state index in [1.807, 2.05) is 61.1 Å². The number of aryl methyl sites for hydroxylation is 1. The summed E-state index contributed by atoms with van der Waals surface area (Å²) in [4.78, 5) is 20.8. The molecule has 2 aromatic heterocycles. The summed E-state index contributed by atoms with van der Waals surface area (Å²) in [5.74, 6) is 2.19. The van der Waals surface area contributed by atoms with Crippen LogP contribution in [0.25, 0.3) is 22.0 Å². The Hall–Kier alpha value is -3.87. The average Bonchev–Trinajstić information content (AvgIpc) is 3.11. The zero-order valence-corrected chi connectivity index (χ0v) is 17.4. The molecule has 2 N–H and O–H groups in total. The van der Waals surface area contributed by atoms with Crippen molar-refractivity contribution in [2.45, 2.75) is 6.92 Å². The van der Waals surface area contributed by atoms with Crippen LogP contribution in [0.4, 0.5) is 11.5 Å². The molecule has 2 heterocycles. The molecule has 0 aliphatic rings. The first-order valence-corrected chi connectivity index (χ1v) is 9.56. The number of anilines is 2. The van der Waals surface area contributed by atoms with Crippen LogP contribution in [-0.2, 0) is 7.05 Å². The Morgan fingerprint density at radius 2 is 1.87 bits per heavy atom. The number of aromatic nitrogens is 3. The van der Waals surface area contributed by atoms with Crippen molar-refractivity contribution in [1.29, 1.82) is 0 Å². The fourth-order valence-electron chi connectivity index (χ4n) is 3.36. The molecular weight excluding hydrogens is 378 g/mol. The highest BCUT2D eigenvalue weighted by Gasteiger charge is 2.11. The Morgan fingerprint density at radius 3 is 2.57 bits per heavy atom. The Bertz CT molecular complexity index is 1250. The molecule has 4 rings (SSSR count). The molecule has 152 valence electrons. The largest absolute Gasteiger partial charge is 0.495 e. The number of imidazole rings is 1. The Kier molecular flexibility index (Phi) is 5.10. The highest BCUT2D eigenvalue weighted by Crippen LogP contribution is 2.33. The van der Waals surface area contributed by atoms with Gasteiger partial charge in [0.1, 0.15) is 17.4 Å². The number of pyridine rings is 1. The maximum absolute atomic E-state index is 11.9. The van der Waals surface area contributed by atoms with Gasteiger partial charge in [-0.1, -0.05) is 12.1 Å². The van der Waals surface area contributed by atoms with Crippen molar-refractivity contribution in [1.82, 2.24) is 19.9 Å². The van der Waals surface area contributed by atoms with Gasteiger partial charge in [0.15, 0.2) is 0 Å². The van der Waals surface area contributed by atoms with Crippen LogP contribution >= 0.6 is 0 Å². The Labute approximate surface area is 174 Å². The zero-order valence-electron chi connectivity index (χ0n) is 17.4. The number of fused-ring (bicyclic) bond motifs is 1. The van der Waals surface area contributed by atoms with Crippen molar-refractivity contribution in [3.05, 3.63) is 66.2 Å². The topological polar surface area (TPSA) is 81.1 Å². The second-order valence-corrected chi connectivity index (χ2v) is 7.00. The lowest BCUT2D eigenvalue weighted by Crippen LogP contribution is -2.17. The first-order chi connectivity index (χ1) is 14.5. The summed E-state index contributed by atoms with van der Waals surface area (Å²) in [6, 6.07) is 13.4. The van der Waals surface area contributed by atoms with Crippen molar-refractivity contribution >= 4 is 28.2 Å².